The zero-order valence-corrected chi connectivity index (χ0v) is 8.41. The number of thioether (sulfide) groups is 1. The molecule has 5 heteroatoms. The number of carbonyl (C=O) groups is 1. The minimum atomic E-state index is -1.11. The van der Waals surface area contributed by atoms with Gasteiger partial charge in [-0.1, -0.05) is 12.1 Å². The molecule has 1 rings (SSSR count). The van der Waals surface area contributed by atoms with Crippen LogP contribution in [0.2, 0.25) is 0 Å². The molecule has 0 saturated heterocycles. The summed E-state index contributed by atoms with van der Waals surface area (Å²) in [5.41, 5.74) is 5.89. The lowest BCUT2D eigenvalue weighted by molar-refractivity contribution is -0.138. The molecular weight excluding hydrogens is 202 g/mol. The molecule has 4 N–H and O–H groups in total. The summed E-state index contributed by atoms with van der Waals surface area (Å²) in [6.45, 7) is 0. The summed E-state index contributed by atoms with van der Waals surface area (Å²) in [6.07, 6.45) is 1.76. The number of aromatic hydroxyl groups is 1. The molecular formula is C9H11NO3S. The van der Waals surface area contributed by atoms with Gasteiger partial charge in [0.2, 0.25) is 0 Å². The fourth-order valence-corrected chi connectivity index (χ4v) is 1.85. The van der Waals surface area contributed by atoms with Crippen LogP contribution in [-0.4, -0.2) is 22.4 Å². The van der Waals surface area contributed by atoms with Gasteiger partial charge in [0.15, 0.2) is 0 Å². The average Bonchev–Trinajstić information content (AvgIpc) is 2.16. The summed E-state index contributed by atoms with van der Waals surface area (Å²) in [5.74, 6) is -1.04. The molecule has 1 aromatic carbocycles. The summed E-state index contributed by atoms with van der Waals surface area (Å²) >= 11 is 1.27. The Bertz CT molecular complexity index is 354. The number of nitrogens with two attached hydrogens (primary N) is 1. The molecule has 0 fully saturated rings. The molecule has 0 aromatic heterocycles. The molecule has 4 nitrogen and oxygen atoms in total. The Morgan fingerprint density at radius 1 is 1.57 bits per heavy atom. The predicted octanol–water partition coefficient (Wildman–Crippen LogP) is 1.20. The lowest BCUT2D eigenvalue weighted by atomic mass is 10.1. The minimum absolute atomic E-state index is 0.0618. The second-order valence-corrected chi connectivity index (χ2v) is 3.53. The van der Waals surface area contributed by atoms with E-state index in [0.29, 0.717) is 10.5 Å². The molecule has 0 amide bonds. The van der Waals surface area contributed by atoms with E-state index in [1.54, 1.807) is 18.4 Å². The van der Waals surface area contributed by atoms with E-state index in [1.165, 1.54) is 17.8 Å². The maximum absolute atomic E-state index is 10.7. The van der Waals surface area contributed by atoms with E-state index in [0.717, 1.165) is 0 Å². The van der Waals surface area contributed by atoms with E-state index in [2.05, 4.69) is 0 Å². The Labute approximate surface area is 85.7 Å². The third-order valence-electron chi connectivity index (χ3n) is 1.83. The van der Waals surface area contributed by atoms with Crippen molar-refractivity contribution in [2.75, 3.05) is 6.26 Å². The van der Waals surface area contributed by atoms with Gasteiger partial charge in [-0.25, -0.2) is 0 Å². The number of carboxylic acid groups (broad SMARTS) is 1. The van der Waals surface area contributed by atoms with Crippen molar-refractivity contribution in [3.63, 3.8) is 0 Å². The third-order valence-corrected chi connectivity index (χ3v) is 2.68. The molecule has 14 heavy (non-hydrogen) atoms. The maximum atomic E-state index is 10.7. The molecule has 0 spiro atoms. The van der Waals surface area contributed by atoms with Gasteiger partial charge in [0.25, 0.3) is 0 Å². The largest absolute Gasteiger partial charge is 0.507 e. The quantitative estimate of drug-likeness (QED) is 0.657. The second-order valence-electron chi connectivity index (χ2n) is 2.72. The van der Waals surface area contributed by atoms with Crippen LogP contribution < -0.4 is 5.73 Å². The van der Waals surface area contributed by atoms with Crippen molar-refractivity contribution in [3.05, 3.63) is 23.8 Å². The number of phenolic OH excluding ortho intramolecular Hbond substituents is 1. The van der Waals surface area contributed by atoms with Crippen molar-refractivity contribution in [2.45, 2.75) is 10.9 Å². The highest BCUT2D eigenvalue weighted by Gasteiger charge is 2.19. The molecule has 0 aliphatic carbocycles. The zero-order valence-electron chi connectivity index (χ0n) is 7.60. The van der Waals surface area contributed by atoms with Crippen molar-refractivity contribution < 1.29 is 15.0 Å². The summed E-state index contributed by atoms with van der Waals surface area (Å²) in [4.78, 5) is 11.2. The second kappa shape index (κ2) is 4.34. The number of rotatable bonds is 3. The van der Waals surface area contributed by atoms with Gasteiger partial charge >= 0.3 is 5.97 Å². The van der Waals surface area contributed by atoms with Crippen LogP contribution in [0.5, 0.6) is 5.75 Å². The normalized spacial score (nSPS) is 12.4. The Morgan fingerprint density at radius 3 is 2.71 bits per heavy atom. The van der Waals surface area contributed by atoms with E-state index in [1.807, 2.05) is 0 Å². The van der Waals surface area contributed by atoms with Crippen molar-refractivity contribution in [1.82, 2.24) is 0 Å². The molecule has 1 unspecified atom stereocenters. The summed E-state index contributed by atoms with van der Waals surface area (Å²) in [6, 6.07) is 3.59. The SMILES string of the molecule is CSc1c(O)cccc1C(N)C(=O)O. The Balaban J connectivity index is 3.20. The number of hydrogen-bond acceptors (Lipinski definition) is 4. The van der Waals surface area contributed by atoms with Gasteiger partial charge in [-0.2, -0.15) is 0 Å². The average molecular weight is 213 g/mol. The van der Waals surface area contributed by atoms with Crippen LogP contribution in [0, 0.1) is 0 Å². The summed E-state index contributed by atoms with van der Waals surface area (Å²) in [7, 11) is 0. The lowest BCUT2D eigenvalue weighted by Gasteiger charge is -2.12. The van der Waals surface area contributed by atoms with Gasteiger partial charge in [0, 0.05) is 0 Å². The monoisotopic (exact) mass is 213 g/mol. The highest BCUT2D eigenvalue weighted by Crippen LogP contribution is 2.32. The zero-order chi connectivity index (χ0) is 10.7. The third kappa shape index (κ3) is 2.00. The fourth-order valence-electron chi connectivity index (χ4n) is 1.14. The minimum Gasteiger partial charge on any atom is -0.507 e. The Kier molecular flexibility index (Phi) is 3.38. The van der Waals surface area contributed by atoms with Crippen LogP contribution in [0.4, 0.5) is 0 Å². The molecule has 0 saturated carbocycles. The van der Waals surface area contributed by atoms with E-state index in [-0.39, 0.29) is 5.75 Å². The first-order valence-corrected chi connectivity index (χ1v) is 5.14. The molecule has 76 valence electrons. The van der Waals surface area contributed by atoms with Crippen LogP contribution in [0.25, 0.3) is 0 Å². The van der Waals surface area contributed by atoms with Gasteiger partial charge in [-0.15, -0.1) is 11.8 Å². The van der Waals surface area contributed by atoms with Crippen LogP contribution in [-0.2, 0) is 4.79 Å². The van der Waals surface area contributed by atoms with Crippen LogP contribution in [0.3, 0.4) is 0 Å². The first kappa shape index (κ1) is 10.9. The number of carboxylic acids is 1. The summed E-state index contributed by atoms with van der Waals surface area (Å²) in [5, 5.41) is 18.2. The van der Waals surface area contributed by atoms with E-state index in [9.17, 15) is 9.90 Å². The highest BCUT2D eigenvalue weighted by atomic mass is 32.2. The van der Waals surface area contributed by atoms with Crippen LogP contribution in [0.1, 0.15) is 11.6 Å². The van der Waals surface area contributed by atoms with E-state index in [4.69, 9.17) is 10.8 Å². The van der Waals surface area contributed by atoms with Gasteiger partial charge < -0.3 is 15.9 Å². The topological polar surface area (TPSA) is 83.5 Å². The molecule has 0 aliphatic rings. The van der Waals surface area contributed by atoms with Crippen LogP contribution in [0.15, 0.2) is 23.1 Å². The van der Waals surface area contributed by atoms with Gasteiger partial charge in [-0.3, -0.25) is 4.79 Å². The van der Waals surface area contributed by atoms with E-state index < -0.39 is 12.0 Å². The summed E-state index contributed by atoms with van der Waals surface area (Å²) < 4.78 is 0. The Morgan fingerprint density at radius 2 is 2.21 bits per heavy atom. The van der Waals surface area contributed by atoms with Crippen molar-refractivity contribution in [3.8, 4) is 5.75 Å². The smallest absolute Gasteiger partial charge is 0.325 e. The number of benzene rings is 1. The molecule has 1 atom stereocenters. The molecule has 0 bridgehead atoms. The van der Waals surface area contributed by atoms with Crippen molar-refractivity contribution in [2.24, 2.45) is 5.73 Å². The van der Waals surface area contributed by atoms with Crippen molar-refractivity contribution >= 4 is 17.7 Å². The molecule has 0 heterocycles. The van der Waals surface area contributed by atoms with Gasteiger partial charge in [0.1, 0.15) is 11.8 Å². The standard InChI is InChI=1S/C9H11NO3S/c1-14-8-5(7(10)9(12)13)3-2-4-6(8)11/h2-4,7,11H,10H2,1H3,(H,12,13). The van der Waals surface area contributed by atoms with E-state index >= 15 is 0 Å². The first-order chi connectivity index (χ1) is 6.57. The first-order valence-electron chi connectivity index (χ1n) is 3.92. The van der Waals surface area contributed by atoms with Gasteiger partial charge in [0.05, 0.1) is 4.90 Å². The predicted molar refractivity (Wildman–Crippen MR) is 54.5 cm³/mol. The maximum Gasteiger partial charge on any atom is 0.325 e. The van der Waals surface area contributed by atoms with Crippen molar-refractivity contribution in [1.29, 1.82) is 0 Å². The molecule has 0 radical (unpaired) electrons. The highest BCUT2D eigenvalue weighted by molar-refractivity contribution is 7.98. The van der Waals surface area contributed by atoms with Gasteiger partial charge in [-0.05, 0) is 17.9 Å². The molecule has 0 aliphatic heterocycles. The lowest BCUT2D eigenvalue weighted by Crippen LogP contribution is -2.21. The number of aliphatic carboxylic acids is 1. The van der Waals surface area contributed by atoms with Crippen LogP contribution >= 0.6 is 11.8 Å². The molecule has 1 aromatic rings. The Hall–Kier alpha value is -1.20. The number of hydrogen-bond donors (Lipinski definition) is 3. The fraction of sp³-hybridized carbons (Fsp3) is 0.222. The number of phenols is 1.